The average molecular weight is 194 g/mol. The predicted molar refractivity (Wildman–Crippen MR) is 54.7 cm³/mol. The molecule has 1 N–H and O–H groups in total. The standard InChI is InChI=1S/C11H18N2O/c1-11(14,6-9-4-3-5-9)10-7-13(2)8-12-10/h7-9,14H,3-6H2,1-2H3. The van der Waals surface area contributed by atoms with Gasteiger partial charge >= 0.3 is 0 Å². The first-order valence-corrected chi connectivity index (χ1v) is 5.29. The summed E-state index contributed by atoms with van der Waals surface area (Å²) in [5.41, 5.74) is 0.0544. The highest BCUT2D eigenvalue weighted by Crippen LogP contribution is 2.37. The van der Waals surface area contributed by atoms with Crippen molar-refractivity contribution >= 4 is 0 Å². The molecule has 0 amide bonds. The van der Waals surface area contributed by atoms with E-state index in [4.69, 9.17) is 0 Å². The van der Waals surface area contributed by atoms with Crippen LogP contribution in [-0.4, -0.2) is 14.7 Å². The summed E-state index contributed by atoms with van der Waals surface area (Å²) < 4.78 is 1.88. The van der Waals surface area contributed by atoms with E-state index in [0.29, 0.717) is 5.92 Å². The van der Waals surface area contributed by atoms with E-state index in [9.17, 15) is 5.11 Å². The normalized spacial score (nSPS) is 21.6. The minimum Gasteiger partial charge on any atom is -0.384 e. The Morgan fingerprint density at radius 3 is 2.79 bits per heavy atom. The van der Waals surface area contributed by atoms with Gasteiger partial charge in [0.25, 0.3) is 0 Å². The Balaban J connectivity index is 2.06. The van der Waals surface area contributed by atoms with Gasteiger partial charge in [-0.25, -0.2) is 4.98 Å². The third-order valence-corrected chi connectivity index (χ3v) is 3.17. The van der Waals surface area contributed by atoms with E-state index >= 15 is 0 Å². The molecule has 1 atom stereocenters. The molecule has 1 aliphatic rings. The van der Waals surface area contributed by atoms with Crippen molar-refractivity contribution in [1.29, 1.82) is 0 Å². The fraction of sp³-hybridized carbons (Fsp3) is 0.727. The van der Waals surface area contributed by atoms with Crippen LogP contribution in [-0.2, 0) is 12.6 Å². The lowest BCUT2D eigenvalue weighted by Crippen LogP contribution is -2.28. The lowest BCUT2D eigenvalue weighted by Gasteiger charge is -2.32. The molecule has 0 radical (unpaired) electrons. The highest BCUT2D eigenvalue weighted by molar-refractivity contribution is 5.08. The molecular weight excluding hydrogens is 176 g/mol. The maximum Gasteiger partial charge on any atom is 0.105 e. The van der Waals surface area contributed by atoms with Crippen molar-refractivity contribution in [3.63, 3.8) is 0 Å². The van der Waals surface area contributed by atoms with Gasteiger partial charge in [-0.1, -0.05) is 19.3 Å². The van der Waals surface area contributed by atoms with Crippen molar-refractivity contribution in [3.05, 3.63) is 18.2 Å². The number of nitrogens with zero attached hydrogens (tertiary/aromatic N) is 2. The van der Waals surface area contributed by atoms with E-state index in [-0.39, 0.29) is 0 Å². The molecule has 1 fully saturated rings. The maximum atomic E-state index is 10.3. The molecule has 1 aromatic heterocycles. The van der Waals surface area contributed by atoms with Crippen molar-refractivity contribution in [2.24, 2.45) is 13.0 Å². The molecule has 0 saturated heterocycles. The van der Waals surface area contributed by atoms with Gasteiger partial charge < -0.3 is 9.67 Å². The van der Waals surface area contributed by atoms with E-state index in [0.717, 1.165) is 12.1 Å². The van der Waals surface area contributed by atoms with Crippen LogP contribution in [0.15, 0.2) is 12.5 Å². The van der Waals surface area contributed by atoms with Crippen LogP contribution in [0.2, 0.25) is 0 Å². The Hall–Kier alpha value is -0.830. The van der Waals surface area contributed by atoms with E-state index in [1.807, 2.05) is 24.7 Å². The minimum atomic E-state index is -0.744. The number of aliphatic hydroxyl groups is 1. The second kappa shape index (κ2) is 3.39. The van der Waals surface area contributed by atoms with Crippen LogP contribution in [0.1, 0.15) is 38.3 Å². The van der Waals surface area contributed by atoms with Gasteiger partial charge in [0, 0.05) is 13.2 Å². The second-order valence-electron chi connectivity index (χ2n) is 4.70. The predicted octanol–water partition coefficient (Wildman–Crippen LogP) is 1.82. The Labute approximate surface area is 84.8 Å². The minimum absolute atomic E-state index is 0.701. The molecule has 1 saturated carbocycles. The second-order valence-corrected chi connectivity index (χ2v) is 4.70. The van der Waals surface area contributed by atoms with Crippen LogP contribution in [0.4, 0.5) is 0 Å². The van der Waals surface area contributed by atoms with Crippen molar-refractivity contribution < 1.29 is 5.11 Å². The summed E-state index contributed by atoms with van der Waals surface area (Å²) in [4.78, 5) is 4.21. The number of aromatic nitrogens is 2. The quantitative estimate of drug-likeness (QED) is 0.797. The summed E-state index contributed by atoms with van der Waals surface area (Å²) in [5, 5.41) is 10.3. The highest BCUT2D eigenvalue weighted by Gasteiger charge is 2.31. The monoisotopic (exact) mass is 194 g/mol. The number of hydrogen-bond donors (Lipinski definition) is 1. The summed E-state index contributed by atoms with van der Waals surface area (Å²) in [6.45, 7) is 1.87. The molecule has 14 heavy (non-hydrogen) atoms. The molecule has 2 rings (SSSR count). The molecule has 78 valence electrons. The molecule has 1 heterocycles. The van der Waals surface area contributed by atoms with Crippen molar-refractivity contribution in [1.82, 2.24) is 9.55 Å². The van der Waals surface area contributed by atoms with Crippen LogP contribution in [0.25, 0.3) is 0 Å². The van der Waals surface area contributed by atoms with Gasteiger partial charge in [-0.2, -0.15) is 0 Å². The fourth-order valence-corrected chi connectivity index (χ4v) is 2.05. The van der Waals surface area contributed by atoms with Crippen molar-refractivity contribution in [2.45, 2.75) is 38.2 Å². The van der Waals surface area contributed by atoms with Crippen LogP contribution < -0.4 is 0 Å². The Morgan fingerprint density at radius 2 is 2.36 bits per heavy atom. The molecule has 3 heteroatoms. The van der Waals surface area contributed by atoms with Crippen LogP contribution >= 0.6 is 0 Å². The summed E-state index contributed by atoms with van der Waals surface area (Å²) in [6, 6.07) is 0. The van der Waals surface area contributed by atoms with Crippen LogP contribution in [0.5, 0.6) is 0 Å². The molecule has 0 spiro atoms. The summed E-state index contributed by atoms with van der Waals surface area (Å²) >= 11 is 0. The zero-order valence-electron chi connectivity index (χ0n) is 8.90. The number of aryl methyl sites for hydroxylation is 1. The van der Waals surface area contributed by atoms with Crippen LogP contribution in [0.3, 0.4) is 0 Å². The van der Waals surface area contributed by atoms with Gasteiger partial charge in [0.1, 0.15) is 5.60 Å². The Kier molecular flexibility index (Phi) is 2.35. The number of imidazole rings is 1. The molecule has 0 bridgehead atoms. The van der Waals surface area contributed by atoms with E-state index in [1.54, 1.807) is 6.33 Å². The summed E-state index contributed by atoms with van der Waals surface area (Å²) in [6.07, 6.45) is 8.35. The topological polar surface area (TPSA) is 38.0 Å². The summed E-state index contributed by atoms with van der Waals surface area (Å²) in [7, 11) is 1.93. The molecule has 3 nitrogen and oxygen atoms in total. The third-order valence-electron chi connectivity index (χ3n) is 3.17. The average Bonchev–Trinajstić information content (AvgIpc) is 2.45. The molecule has 0 aliphatic heterocycles. The first kappa shape index (κ1) is 9.71. The van der Waals surface area contributed by atoms with Crippen molar-refractivity contribution in [2.75, 3.05) is 0 Å². The van der Waals surface area contributed by atoms with E-state index < -0.39 is 5.60 Å². The number of hydrogen-bond acceptors (Lipinski definition) is 2. The lowest BCUT2D eigenvalue weighted by atomic mass is 9.77. The molecule has 1 aromatic rings. The van der Waals surface area contributed by atoms with Gasteiger partial charge in [0.15, 0.2) is 0 Å². The first-order valence-electron chi connectivity index (χ1n) is 5.29. The maximum absolute atomic E-state index is 10.3. The smallest absolute Gasteiger partial charge is 0.105 e. The highest BCUT2D eigenvalue weighted by atomic mass is 16.3. The molecular formula is C11H18N2O. The Morgan fingerprint density at radius 1 is 1.64 bits per heavy atom. The third kappa shape index (κ3) is 1.82. The SMILES string of the molecule is Cn1cnc(C(C)(O)CC2CCC2)c1. The Bertz CT molecular complexity index is 313. The molecule has 0 aromatic carbocycles. The first-order chi connectivity index (χ1) is 6.58. The van der Waals surface area contributed by atoms with Gasteiger partial charge in [-0.05, 0) is 19.3 Å². The largest absolute Gasteiger partial charge is 0.384 e. The van der Waals surface area contributed by atoms with Crippen molar-refractivity contribution in [3.8, 4) is 0 Å². The molecule has 1 unspecified atom stereocenters. The summed E-state index contributed by atoms with van der Waals surface area (Å²) in [5.74, 6) is 0.701. The lowest BCUT2D eigenvalue weighted by molar-refractivity contribution is 0.0126. The van der Waals surface area contributed by atoms with E-state index in [2.05, 4.69) is 4.98 Å². The zero-order valence-corrected chi connectivity index (χ0v) is 8.90. The van der Waals surface area contributed by atoms with Gasteiger partial charge in [-0.15, -0.1) is 0 Å². The van der Waals surface area contributed by atoms with E-state index in [1.165, 1.54) is 19.3 Å². The van der Waals surface area contributed by atoms with Gasteiger partial charge in [0.05, 0.1) is 12.0 Å². The van der Waals surface area contributed by atoms with Gasteiger partial charge in [-0.3, -0.25) is 0 Å². The zero-order chi connectivity index (χ0) is 10.2. The fourth-order valence-electron chi connectivity index (χ4n) is 2.05. The van der Waals surface area contributed by atoms with Crippen LogP contribution in [0, 0.1) is 5.92 Å². The molecule has 1 aliphatic carbocycles. The van der Waals surface area contributed by atoms with Gasteiger partial charge in [0.2, 0.25) is 0 Å². The number of rotatable bonds is 3.